The normalized spacial score (nSPS) is 20.9. The van der Waals surface area contributed by atoms with E-state index < -0.39 is 0 Å². The molecule has 0 radical (unpaired) electrons. The van der Waals surface area contributed by atoms with Crippen LogP contribution in [0.15, 0.2) is 0 Å². The molecule has 1 aliphatic rings. The maximum atomic E-state index is 11.3. The number of carbonyl (C=O) groups is 1. The number of nitrogens with zero attached hydrogens (tertiary/aromatic N) is 1. The zero-order valence-corrected chi connectivity index (χ0v) is 9.88. The predicted molar refractivity (Wildman–Crippen MR) is 61.8 cm³/mol. The molecule has 4 heteroatoms. The Kier molecular flexibility index (Phi) is 5.65. The second-order valence-corrected chi connectivity index (χ2v) is 3.98. The summed E-state index contributed by atoms with van der Waals surface area (Å²) in [7, 11) is 0. The summed E-state index contributed by atoms with van der Waals surface area (Å²) in [5, 5.41) is 6.19. The van der Waals surface area contributed by atoms with Gasteiger partial charge in [0.05, 0.1) is 0 Å². The van der Waals surface area contributed by atoms with Crippen molar-refractivity contribution < 1.29 is 4.79 Å². The molecule has 1 aliphatic heterocycles. The van der Waals surface area contributed by atoms with Crippen molar-refractivity contribution in [1.82, 2.24) is 15.5 Å². The van der Waals surface area contributed by atoms with Crippen LogP contribution in [0.2, 0.25) is 0 Å². The Morgan fingerprint density at radius 1 is 1.53 bits per heavy atom. The molecule has 0 aromatic rings. The minimum absolute atomic E-state index is 0.168. The number of hydrogen-bond donors (Lipinski definition) is 2. The van der Waals surface area contributed by atoms with Crippen molar-refractivity contribution in [3.63, 3.8) is 0 Å². The molecular weight excluding hydrogens is 190 g/mol. The molecule has 88 valence electrons. The lowest BCUT2D eigenvalue weighted by Gasteiger charge is -2.26. The Morgan fingerprint density at radius 3 is 2.87 bits per heavy atom. The molecule has 1 fully saturated rings. The van der Waals surface area contributed by atoms with Crippen LogP contribution in [-0.2, 0) is 4.79 Å². The molecule has 0 spiro atoms. The van der Waals surface area contributed by atoms with Crippen LogP contribution in [0.3, 0.4) is 0 Å². The lowest BCUT2D eigenvalue weighted by atomic mass is 10.2. The van der Waals surface area contributed by atoms with Crippen molar-refractivity contribution in [2.24, 2.45) is 0 Å². The van der Waals surface area contributed by atoms with E-state index in [1.165, 1.54) is 6.42 Å². The van der Waals surface area contributed by atoms with Crippen LogP contribution in [0.5, 0.6) is 0 Å². The van der Waals surface area contributed by atoms with E-state index in [9.17, 15) is 4.79 Å². The van der Waals surface area contributed by atoms with Gasteiger partial charge in [0.1, 0.15) is 0 Å². The maximum Gasteiger partial charge on any atom is 0.221 e. The van der Waals surface area contributed by atoms with Gasteiger partial charge in [0.25, 0.3) is 0 Å². The topological polar surface area (TPSA) is 44.4 Å². The molecule has 15 heavy (non-hydrogen) atoms. The summed E-state index contributed by atoms with van der Waals surface area (Å²) in [6.07, 6.45) is 1.83. The van der Waals surface area contributed by atoms with Gasteiger partial charge >= 0.3 is 0 Å². The first-order valence-electron chi connectivity index (χ1n) is 5.99. The fourth-order valence-electron chi connectivity index (χ4n) is 2.08. The lowest BCUT2D eigenvalue weighted by Crippen LogP contribution is -2.39. The molecule has 0 aliphatic carbocycles. The van der Waals surface area contributed by atoms with Crippen LogP contribution in [0, 0.1) is 0 Å². The summed E-state index contributed by atoms with van der Waals surface area (Å²) in [6, 6.07) is 0.629. The summed E-state index contributed by atoms with van der Waals surface area (Å²) < 4.78 is 0. The highest BCUT2D eigenvalue weighted by molar-refractivity contribution is 5.75. The van der Waals surface area contributed by atoms with Gasteiger partial charge in [0.2, 0.25) is 5.91 Å². The highest BCUT2D eigenvalue weighted by Crippen LogP contribution is 2.08. The van der Waals surface area contributed by atoms with Crippen molar-refractivity contribution >= 4 is 5.91 Å². The third-order valence-corrected chi connectivity index (χ3v) is 2.96. The van der Waals surface area contributed by atoms with Crippen molar-refractivity contribution in [3.8, 4) is 0 Å². The van der Waals surface area contributed by atoms with E-state index in [0.717, 1.165) is 32.7 Å². The summed E-state index contributed by atoms with van der Waals surface area (Å²) in [6.45, 7) is 8.95. The maximum absolute atomic E-state index is 11.3. The molecule has 1 rings (SSSR count). The van der Waals surface area contributed by atoms with E-state index in [2.05, 4.69) is 22.5 Å². The van der Waals surface area contributed by atoms with Gasteiger partial charge in [-0.05, 0) is 26.4 Å². The van der Waals surface area contributed by atoms with Gasteiger partial charge in [-0.2, -0.15) is 0 Å². The summed E-state index contributed by atoms with van der Waals surface area (Å²) in [4.78, 5) is 13.7. The van der Waals surface area contributed by atoms with Crippen LogP contribution in [0.1, 0.15) is 26.7 Å². The minimum atomic E-state index is 0.168. The first-order chi connectivity index (χ1) is 7.27. The van der Waals surface area contributed by atoms with Crippen LogP contribution in [-0.4, -0.2) is 49.6 Å². The smallest absolute Gasteiger partial charge is 0.221 e. The van der Waals surface area contributed by atoms with Gasteiger partial charge in [-0.15, -0.1) is 0 Å². The molecule has 1 atom stereocenters. The van der Waals surface area contributed by atoms with Crippen molar-refractivity contribution in [2.75, 3.05) is 32.7 Å². The molecule has 0 aromatic carbocycles. The van der Waals surface area contributed by atoms with Gasteiger partial charge in [-0.3, -0.25) is 9.69 Å². The first-order valence-corrected chi connectivity index (χ1v) is 5.99. The molecule has 1 heterocycles. The van der Waals surface area contributed by atoms with Crippen LogP contribution >= 0.6 is 0 Å². The summed E-state index contributed by atoms with van der Waals surface area (Å²) in [5.41, 5.74) is 0. The number of rotatable bonds is 6. The van der Waals surface area contributed by atoms with E-state index >= 15 is 0 Å². The Bertz CT molecular complexity index is 190. The zero-order chi connectivity index (χ0) is 11.1. The monoisotopic (exact) mass is 213 g/mol. The Morgan fingerprint density at radius 2 is 2.33 bits per heavy atom. The SMILES string of the molecule is CCNC(=O)CCN(CC)C1CCNC1. The summed E-state index contributed by atoms with van der Waals surface area (Å²) in [5.74, 6) is 0.168. The molecular formula is C11H23N3O. The quantitative estimate of drug-likeness (QED) is 0.662. The fraction of sp³-hybridized carbons (Fsp3) is 0.909. The Labute approximate surface area is 92.4 Å². The molecule has 1 unspecified atom stereocenters. The highest BCUT2D eigenvalue weighted by atomic mass is 16.1. The van der Waals surface area contributed by atoms with Crippen LogP contribution in [0.25, 0.3) is 0 Å². The van der Waals surface area contributed by atoms with Gasteiger partial charge in [-0.1, -0.05) is 6.92 Å². The number of nitrogens with one attached hydrogen (secondary N) is 2. The van der Waals surface area contributed by atoms with Crippen molar-refractivity contribution in [3.05, 3.63) is 0 Å². The third-order valence-electron chi connectivity index (χ3n) is 2.96. The fourth-order valence-corrected chi connectivity index (χ4v) is 2.08. The first kappa shape index (κ1) is 12.5. The van der Waals surface area contributed by atoms with E-state index in [1.807, 2.05) is 6.92 Å². The van der Waals surface area contributed by atoms with E-state index in [4.69, 9.17) is 0 Å². The van der Waals surface area contributed by atoms with E-state index in [0.29, 0.717) is 12.5 Å². The number of amides is 1. The average molecular weight is 213 g/mol. The van der Waals surface area contributed by atoms with Crippen LogP contribution < -0.4 is 10.6 Å². The van der Waals surface area contributed by atoms with E-state index in [-0.39, 0.29) is 5.91 Å². The lowest BCUT2D eigenvalue weighted by molar-refractivity contribution is -0.121. The average Bonchev–Trinajstić information content (AvgIpc) is 2.72. The number of carbonyl (C=O) groups excluding carboxylic acids is 1. The van der Waals surface area contributed by atoms with Gasteiger partial charge < -0.3 is 10.6 Å². The largest absolute Gasteiger partial charge is 0.356 e. The van der Waals surface area contributed by atoms with Crippen molar-refractivity contribution in [2.45, 2.75) is 32.7 Å². The van der Waals surface area contributed by atoms with Gasteiger partial charge in [0, 0.05) is 32.1 Å². The molecule has 1 amide bonds. The van der Waals surface area contributed by atoms with E-state index in [1.54, 1.807) is 0 Å². The standard InChI is InChI=1S/C11H23N3O/c1-3-13-11(15)6-8-14(4-2)10-5-7-12-9-10/h10,12H,3-9H2,1-2H3,(H,13,15). The number of likely N-dealkylation sites (N-methyl/N-ethyl adjacent to an activating group) is 1. The molecule has 0 saturated carbocycles. The highest BCUT2D eigenvalue weighted by Gasteiger charge is 2.20. The minimum Gasteiger partial charge on any atom is -0.356 e. The van der Waals surface area contributed by atoms with Crippen LogP contribution in [0.4, 0.5) is 0 Å². The molecule has 2 N–H and O–H groups in total. The molecule has 4 nitrogen and oxygen atoms in total. The second kappa shape index (κ2) is 6.80. The Hall–Kier alpha value is -0.610. The second-order valence-electron chi connectivity index (χ2n) is 3.98. The van der Waals surface area contributed by atoms with Gasteiger partial charge in [-0.25, -0.2) is 0 Å². The predicted octanol–water partition coefficient (Wildman–Crippen LogP) is 0.196. The summed E-state index contributed by atoms with van der Waals surface area (Å²) >= 11 is 0. The van der Waals surface area contributed by atoms with Gasteiger partial charge in [0.15, 0.2) is 0 Å². The zero-order valence-electron chi connectivity index (χ0n) is 9.88. The number of hydrogen-bond acceptors (Lipinski definition) is 3. The Balaban J connectivity index is 2.23. The van der Waals surface area contributed by atoms with Crippen molar-refractivity contribution in [1.29, 1.82) is 0 Å². The molecule has 0 aromatic heterocycles. The molecule has 0 bridgehead atoms. The third kappa shape index (κ3) is 4.18. The molecule has 1 saturated heterocycles.